The van der Waals surface area contributed by atoms with Gasteiger partial charge in [-0.3, -0.25) is 20.6 Å². The molecule has 0 radical (unpaired) electrons. The van der Waals surface area contributed by atoms with Crippen LogP contribution in [0.3, 0.4) is 0 Å². The third-order valence-electron chi connectivity index (χ3n) is 7.31. The van der Waals surface area contributed by atoms with E-state index in [-0.39, 0.29) is 0 Å². The zero-order valence-electron chi connectivity index (χ0n) is 21.3. The van der Waals surface area contributed by atoms with Crippen LogP contribution in [-0.2, 0) is 13.1 Å². The number of benzene rings is 4. The second-order valence-corrected chi connectivity index (χ2v) is 9.89. The Labute approximate surface area is 223 Å². The van der Waals surface area contributed by atoms with Crippen LogP contribution in [-0.4, -0.2) is 11.4 Å². The molecule has 2 heterocycles. The topological polar surface area (TPSA) is 60.1 Å². The molecule has 2 atom stereocenters. The van der Waals surface area contributed by atoms with Crippen LogP contribution in [0, 0.1) is 0 Å². The van der Waals surface area contributed by atoms with Crippen LogP contribution in [0.25, 0.3) is 12.2 Å². The summed E-state index contributed by atoms with van der Waals surface area (Å²) >= 11 is 0. The fourth-order valence-corrected chi connectivity index (χ4v) is 5.20. The number of fused-ring (bicyclic) bond motifs is 2. The molecule has 0 aromatic heterocycles. The van der Waals surface area contributed by atoms with Crippen molar-refractivity contribution in [3.05, 3.63) is 155 Å². The van der Waals surface area contributed by atoms with Crippen molar-refractivity contribution in [2.45, 2.75) is 13.1 Å². The van der Waals surface area contributed by atoms with Crippen molar-refractivity contribution < 1.29 is 20.6 Å². The Kier molecular flexibility index (Phi) is 6.49. The summed E-state index contributed by atoms with van der Waals surface area (Å²) in [6, 6.07) is 34.3. The number of allylic oxidation sites excluding steroid dienone is 2. The maximum Gasteiger partial charge on any atom is 0.215 e. The lowest BCUT2D eigenvalue weighted by Gasteiger charge is -2.19. The molecule has 184 valence electrons. The van der Waals surface area contributed by atoms with Gasteiger partial charge in [0, 0.05) is 23.3 Å². The molecule has 0 amide bonds. The Balaban J connectivity index is 1.09. The number of hydrogen-bond donors (Lipinski definition) is 4. The Hall–Kier alpha value is -4.64. The smallest absolute Gasteiger partial charge is 0.215 e. The van der Waals surface area contributed by atoms with Gasteiger partial charge in [-0.1, -0.05) is 84.9 Å². The second-order valence-electron chi connectivity index (χ2n) is 9.89. The molecule has 0 saturated heterocycles. The summed E-state index contributed by atoms with van der Waals surface area (Å²) in [5.41, 5.74) is 11.3. The molecule has 6 N–H and O–H groups in total. The lowest BCUT2D eigenvalue weighted by atomic mass is 10.0. The average Bonchev–Trinajstić information content (AvgIpc) is 2.97. The Morgan fingerprint density at radius 1 is 0.500 bits per heavy atom. The Morgan fingerprint density at radius 2 is 0.895 bits per heavy atom. The summed E-state index contributed by atoms with van der Waals surface area (Å²) < 4.78 is 0. The van der Waals surface area contributed by atoms with Gasteiger partial charge in [-0.05, 0) is 23.3 Å². The van der Waals surface area contributed by atoms with Gasteiger partial charge < -0.3 is 0 Å². The largest absolute Gasteiger partial charge is 0.272 e. The van der Waals surface area contributed by atoms with Crippen LogP contribution in [0.5, 0.6) is 0 Å². The fraction of sp³-hybridized carbons (Fsp3) is 0.0588. The average molecular weight is 497 g/mol. The van der Waals surface area contributed by atoms with E-state index in [1.807, 2.05) is 24.3 Å². The third-order valence-corrected chi connectivity index (χ3v) is 7.31. The SMILES string of the molecule is [NH2+]=C1C=C[NH+](Cc2ccc(/C=C/c3ccc(C[NH+]4C=CC(=[NH2+])c5ccccc54)cc3)cc2)c2ccccc21. The van der Waals surface area contributed by atoms with Crippen LogP contribution >= 0.6 is 0 Å². The van der Waals surface area contributed by atoms with Crippen molar-refractivity contribution in [3.8, 4) is 0 Å². The van der Waals surface area contributed by atoms with E-state index in [9.17, 15) is 0 Å². The van der Waals surface area contributed by atoms with E-state index >= 15 is 0 Å². The van der Waals surface area contributed by atoms with Gasteiger partial charge in [0.25, 0.3) is 0 Å². The van der Waals surface area contributed by atoms with Crippen molar-refractivity contribution in [3.63, 3.8) is 0 Å². The van der Waals surface area contributed by atoms with Crippen LogP contribution in [0.1, 0.15) is 33.4 Å². The van der Waals surface area contributed by atoms with Gasteiger partial charge in [-0.25, -0.2) is 0 Å². The summed E-state index contributed by atoms with van der Waals surface area (Å²) in [7, 11) is 0. The molecule has 0 saturated carbocycles. The van der Waals surface area contributed by atoms with Gasteiger partial charge in [0.05, 0.1) is 12.2 Å². The lowest BCUT2D eigenvalue weighted by Crippen LogP contribution is -3.02. The molecule has 6 rings (SSSR count). The van der Waals surface area contributed by atoms with Crippen molar-refractivity contribution in [1.29, 1.82) is 0 Å². The van der Waals surface area contributed by atoms with E-state index in [2.05, 4.69) is 109 Å². The van der Waals surface area contributed by atoms with E-state index < -0.39 is 0 Å². The number of hydrogen-bond acceptors (Lipinski definition) is 0. The first-order chi connectivity index (χ1) is 18.6. The predicted octanol–water partition coefficient (Wildman–Crippen LogP) is 1.44. The molecule has 4 heteroatoms. The van der Waals surface area contributed by atoms with Crippen LogP contribution in [0.4, 0.5) is 11.4 Å². The summed E-state index contributed by atoms with van der Waals surface area (Å²) in [6.07, 6.45) is 12.7. The van der Waals surface area contributed by atoms with E-state index in [0.717, 1.165) is 35.6 Å². The van der Waals surface area contributed by atoms with Gasteiger partial charge in [0.15, 0.2) is 0 Å². The third kappa shape index (κ3) is 4.96. The van der Waals surface area contributed by atoms with E-state index in [4.69, 9.17) is 10.8 Å². The van der Waals surface area contributed by atoms with Gasteiger partial charge in [0.2, 0.25) is 11.4 Å². The lowest BCUT2D eigenvalue weighted by molar-refractivity contribution is -0.791. The number of nitrogens with two attached hydrogens (primary N) is 2. The highest BCUT2D eigenvalue weighted by molar-refractivity contribution is 6.08. The molecule has 4 nitrogen and oxygen atoms in total. The summed E-state index contributed by atoms with van der Waals surface area (Å²) in [4.78, 5) is 2.59. The minimum Gasteiger partial charge on any atom is -0.272 e. The molecular weight excluding hydrogens is 464 g/mol. The zero-order chi connectivity index (χ0) is 25.9. The van der Waals surface area contributed by atoms with E-state index in [1.54, 1.807) is 0 Å². The molecule has 0 aliphatic carbocycles. The van der Waals surface area contributed by atoms with Gasteiger partial charge in [0.1, 0.15) is 48.0 Å². The normalized spacial score (nSPS) is 18.0. The Morgan fingerprint density at radius 3 is 1.32 bits per heavy atom. The van der Waals surface area contributed by atoms with E-state index in [1.165, 1.54) is 43.4 Å². The highest BCUT2D eigenvalue weighted by atomic mass is 15.1. The molecule has 38 heavy (non-hydrogen) atoms. The second kappa shape index (κ2) is 10.4. The van der Waals surface area contributed by atoms with Gasteiger partial charge >= 0.3 is 0 Å². The molecule has 2 unspecified atom stereocenters. The van der Waals surface area contributed by atoms with Crippen molar-refractivity contribution in [1.82, 2.24) is 0 Å². The zero-order valence-corrected chi connectivity index (χ0v) is 21.3. The maximum atomic E-state index is 6.18. The molecule has 4 aromatic rings. The summed E-state index contributed by atoms with van der Waals surface area (Å²) in [6.45, 7) is 1.77. The molecule has 2 aliphatic rings. The number of para-hydroxylation sites is 2. The van der Waals surface area contributed by atoms with Gasteiger partial charge in [-0.2, -0.15) is 0 Å². The first kappa shape index (κ1) is 23.7. The minimum atomic E-state index is 0.830. The monoisotopic (exact) mass is 496 g/mol. The minimum absolute atomic E-state index is 0.830. The molecule has 0 fully saturated rings. The van der Waals surface area contributed by atoms with E-state index in [0.29, 0.717) is 0 Å². The molecule has 2 aliphatic heterocycles. The highest BCUT2D eigenvalue weighted by Crippen LogP contribution is 2.17. The standard InChI is InChI=1S/C34H28N4/c35-31-19-21-37(33-7-3-1-5-29(31)33)23-27-15-11-25(12-16-27)9-10-26-13-17-28(18-14-26)24-38-22-20-32(36)30-6-2-4-8-34(30)38/h1-22,35-36H,23-24H2/p+4/b10-9+,35-31?,36-32?. The quantitative estimate of drug-likeness (QED) is 0.292. The van der Waals surface area contributed by atoms with Crippen molar-refractivity contribution in [2.75, 3.05) is 0 Å². The van der Waals surface area contributed by atoms with Crippen LogP contribution in [0.2, 0.25) is 0 Å². The fourth-order valence-electron chi connectivity index (χ4n) is 5.20. The number of rotatable bonds is 6. The molecular formula is C34H32N4+4. The highest BCUT2D eigenvalue weighted by Gasteiger charge is 2.25. The first-order valence-corrected chi connectivity index (χ1v) is 13.0. The summed E-state index contributed by atoms with van der Waals surface area (Å²) in [5.74, 6) is 0. The first-order valence-electron chi connectivity index (χ1n) is 13.0. The van der Waals surface area contributed by atoms with Crippen molar-refractivity contribution >= 4 is 35.0 Å². The maximum absolute atomic E-state index is 6.18. The van der Waals surface area contributed by atoms with Crippen LogP contribution in [0.15, 0.2) is 122 Å². The number of nitrogens with one attached hydrogen (secondary N) is 2. The van der Waals surface area contributed by atoms with Crippen molar-refractivity contribution in [2.24, 2.45) is 0 Å². The number of quaternary nitrogens is 2. The van der Waals surface area contributed by atoms with Crippen LogP contribution < -0.4 is 20.6 Å². The predicted molar refractivity (Wildman–Crippen MR) is 154 cm³/mol. The molecule has 0 spiro atoms. The van der Waals surface area contributed by atoms with Gasteiger partial charge in [-0.15, -0.1) is 0 Å². The Bertz CT molecular complexity index is 1470. The molecule has 4 aromatic carbocycles. The summed E-state index contributed by atoms with van der Waals surface area (Å²) in [5, 5.41) is 12.4. The molecule has 0 bridgehead atoms.